The first kappa shape index (κ1) is 12.6. The van der Waals surface area contributed by atoms with Gasteiger partial charge < -0.3 is 5.32 Å². The van der Waals surface area contributed by atoms with Gasteiger partial charge in [-0.2, -0.15) is 5.10 Å². The van der Waals surface area contributed by atoms with Crippen LogP contribution in [0.1, 0.15) is 21.6 Å². The van der Waals surface area contributed by atoms with Crippen LogP contribution in [-0.4, -0.2) is 15.7 Å². The predicted octanol–water partition coefficient (Wildman–Crippen LogP) is 2.94. The average Bonchev–Trinajstić information content (AvgIpc) is 2.65. The van der Waals surface area contributed by atoms with E-state index in [1.807, 2.05) is 19.9 Å². The molecule has 94 valence electrons. The molecule has 2 aromatic rings. The van der Waals surface area contributed by atoms with Gasteiger partial charge in [0.25, 0.3) is 5.91 Å². The Bertz CT molecular complexity index is 604. The highest BCUT2D eigenvalue weighted by Gasteiger charge is 2.13. The zero-order valence-electron chi connectivity index (χ0n) is 10.5. The number of hydrogen-bond donors (Lipinski definition) is 1. The zero-order valence-corrected chi connectivity index (χ0v) is 11.2. The molecule has 0 bridgehead atoms. The van der Waals surface area contributed by atoms with E-state index in [1.54, 1.807) is 30.1 Å². The molecule has 4 nitrogen and oxygen atoms in total. The van der Waals surface area contributed by atoms with Crippen molar-refractivity contribution in [2.75, 3.05) is 5.32 Å². The zero-order chi connectivity index (χ0) is 13.3. The molecule has 0 radical (unpaired) electrons. The van der Waals surface area contributed by atoms with Crippen molar-refractivity contribution in [2.24, 2.45) is 7.05 Å². The van der Waals surface area contributed by atoms with Gasteiger partial charge in [-0.1, -0.05) is 17.7 Å². The van der Waals surface area contributed by atoms with Crippen LogP contribution < -0.4 is 5.32 Å². The normalized spacial score (nSPS) is 10.4. The molecular weight excluding hydrogens is 250 g/mol. The largest absolute Gasteiger partial charge is 0.322 e. The van der Waals surface area contributed by atoms with Gasteiger partial charge in [-0.05, 0) is 31.5 Å². The third-order valence-electron chi connectivity index (χ3n) is 2.93. The van der Waals surface area contributed by atoms with Crippen molar-refractivity contribution in [3.63, 3.8) is 0 Å². The number of rotatable bonds is 2. The molecular formula is C13H14ClN3O. The van der Waals surface area contributed by atoms with Crippen LogP contribution in [0.3, 0.4) is 0 Å². The molecule has 1 N–H and O–H groups in total. The van der Waals surface area contributed by atoms with E-state index in [0.29, 0.717) is 10.6 Å². The highest BCUT2D eigenvalue weighted by molar-refractivity contribution is 6.31. The molecule has 0 fully saturated rings. The van der Waals surface area contributed by atoms with E-state index in [-0.39, 0.29) is 5.91 Å². The number of aromatic nitrogens is 2. The topological polar surface area (TPSA) is 46.9 Å². The average molecular weight is 264 g/mol. The summed E-state index contributed by atoms with van der Waals surface area (Å²) in [4.78, 5) is 12.1. The van der Waals surface area contributed by atoms with Crippen LogP contribution in [0.25, 0.3) is 0 Å². The monoisotopic (exact) mass is 263 g/mol. The second kappa shape index (κ2) is 4.82. The maximum Gasteiger partial charge on any atom is 0.259 e. The SMILES string of the molecule is Cc1ccc(Cl)cc1NC(=O)c1cnn(C)c1C. The van der Waals surface area contributed by atoms with E-state index in [2.05, 4.69) is 10.4 Å². The molecule has 5 heteroatoms. The molecule has 1 amide bonds. The van der Waals surface area contributed by atoms with Gasteiger partial charge in [0.1, 0.15) is 0 Å². The minimum absolute atomic E-state index is 0.175. The van der Waals surface area contributed by atoms with Crippen LogP contribution >= 0.6 is 11.6 Å². The first-order valence-electron chi connectivity index (χ1n) is 5.55. The van der Waals surface area contributed by atoms with Gasteiger partial charge in [0.15, 0.2) is 0 Å². The Morgan fingerprint density at radius 3 is 2.72 bits per heavy atom. The van der Waals surface area contributed by atoms with Crippen molar-refractivity contribution in [2.45, 2.75) is 13.8 Å². The maximum absolute atomic E-state index is 12.1. The Morgan fingerprint density at radius 2 is 2.11 bits per heavy atom. The van der Waals surface area contributed by atoms with Crippen LogP contribution in [0.2, 0.25) is 5.02 Å². The summed E-state index contributed by atoms with van der Waals surface area (Å²) < 4.78 is 1.67. The number of carbonyl (C=O) groups excluding carboxylic acids is 1. The minimum Gasteiger partial charge on any atom is -0.322 e. The molecule has 1 aromatic heterocycles. The Morgan fingerprint density at radius 1 is 1.39 bits per heavy atom. The fraction of sp³-hybridized carbons (Fsp3) is 0.231. The lowest BCUT2D eigenvalue weighted by atomic mass is 10.2. The van der Waals surface area contributed by atoms with Gasteiger partial charge in [-0.25, -0.2) is 0 Å². The molecule has 0 aliphatic rings. The fourth-order valence-corrected chi connectivity index (χ4v) is 1.81. The van der Waals surface area contributed by atoms with Crippen LogP contribution in [0.5, 0.6) is 0 Å². The molecule has 0 atom stereocenters. The molecule has 0 saturated heterocycles. The summed E-state index contributed by atoms with van der Waals surface area (Å²) in [6.45, 7) is 3.77. The van der Waals surface area contributed by atoms with E-state index in [9.17, 15) is 4.79 Å². The van der Waals surface area contributed by atoms with E-state index in [4.69, 9.17) is 11.6 Å². The predicted molar refractivity (Wildman–Crippen MR) is 72.1 cm³/mol. The summed E-state index contributed by atoms with van der Waals surface area (Å²) in [6.07, 6.45) is 1.56. The van der Waals surface area contributed by atoms with E-state index >= 15 is 0 Å². The second-order valence-corrected chi connectivity index (χ2v) is 4.62. The number of hydrogen-bond acceptors (Lipinski definition) is 2. The quantitative estimate of drug-likeness (QED) is 0.906. The highest BCUT2D eigenvalue weighted by atomic mass is 35.5. The Labute approximate surface area is 111 Å². The molecule has 18 heavy (non-hydrogen) atoms. The van der Waals surface area contributed by atoms with Gasteiger partial charge in [0, 0.05) is 23.5 Å². The first-order chi connectivity index (χ1) is 8.49. The lowest BCUT2D eigenvalue weighted by Gasteiger charge is -2.08. The molecule has 1 aromatic carbocycles. The van der Waals surface area contributed by atoms with Gasteiger partial charge >= 0.3 is 0 Å². The molecule has 0 aliphatic carbocycles. The second-order valence-electron chi connectivity index (χ2n) is 4.18. The van der Waals surface area contributed by atoms with Gasteiger partial charge in [-0.3, -0.25) is 9.48 Å². The number of nitrogens with zero attached hydrogens (tertiary/aromatic N) is 2. The van der Waals surface area contributed by atoms with Crippen LogP contribution in [0.15, 0.2) is 24.4 Å². The van der Waals surface area contributed by atoms with Gasteiger partial charge in [0.05, 0.1) is 11.8 Å². The number of carbonyl (C=O) groups is 1. The molecule has 2 rings (SSSR count). The number of halogens is 1. The Hall–Kier alpha value is -1.81. The number of aryl methyl sites for hydroxylation is 2. The Balaban J connectivity index is 2.27. The summed E-state index contributed by atoms with van der Waals surface area (Å²) in [5.41, 5.74) is 3.08. The number of amides is 1. The van der Waals surface area contributed by atoms with Gasteiger partial charge in [0.2, 0.25) is 0 Å². The van der Waals surface area contributed by atoms with Crippen molar-refractivity contribution < 1.29 is 4.79 Å². The summed E-state index contributed by atoms with van der Waals surface area (Å²) in [5, 5.41) is 7.49. The third kappa shape index (κ3) is 2.38. The van der Waals surface area contributed by atoms with Crippen molar-refractivity contribution in [3.8, 4) is 0 Å². The first-order valence-corrected chi connectivity index (χ1v) is 5.93. The molecule has 1 heterocycles. The van der Waals surface area contributed by atoms with Gasteiger partial charge in [-0.15, -0.1) is 0 Å². The van der Waals surface area contributed by atoms with Crippen molar-refractivity contribution in [3.05, 3.63) is 46.2 Å². The van der Waals surface area contributed by atoms with Crippen LogP contribution in [0.4, 0.5) is 5.69 Å². The number of anilines is 1. The maximum atomic E-state index is 12.1. The molecule has 0 spiro atoms. The minimum atomic E-state index is -0.175. The van der Waals surface area contributed by atoms with E-state index < -0.39 is 0 Å². The molecule has 0 aliphatic heterocycles. The summed E-state index contributed by atoms with van der Waals surface area (Å²) in [7, 11) is 1.80. The number of nitrogens with one attached hydrogen (secondary N) is 1. The smallest absolute Gasteiger partial charge is 0.259 e. The highest BCUT2D eigenvalue weighted by Crippen LogP contribution is 2.21. The fourth-order valence-electron chi connectivity index (χ4n) is 1.64. The lowest BCUT2D eigenvalue weighted by molar-refractivity contribution is 0.102. The van der Waals surface area contributed by atoms with Crippen molar-refractivity contribution >= 4 is 23.2 Å². The van der Waals surface area contributed by atoms with E-state index in [0.717, 1.165) is 16.9 Å². The molecule has 0 unspecified atom stereocenters. The van der Waals surface area contributed by atoms with Crippen molar-refractivity contribution in [1.29, 1.82) is 0 Å². The van der Waals surface area contributed by atoms with E-state index in [1.165, 1.54) is 0 Å². The summed E-state index contributed by atoms with van der Waals surface area (Å²) >= 11 is 5.91. The standard InChI is InChI=1S/C13H14ClN3O/c1-8-4-5-10(14)6-12(8)16-13(18)11-7-15-17(3)9(11)2/h4-7H,1-3H3,(H,16,18). The van der Waals surface area contributed by atoms with Crippen LogP contribution in [0, 0.1) is 13.8 Å². The molecule has 0 saturated carbocycles. The summed E-state index contributed by atoms with van der Waals surface area (Å²) in [6, 6.07) is 5.40. The Kier molecular flexibility index (Phi) is 3.39. The summed E-state index contributed by atoms with van der Waals surface area (Å²) in [5.74, 6) is -0.175. The van der Waals surface area contributed by atoms with Crippen molar-refractivity contribution in [1.82, 2.24) is 9.78 Å². The third-order valence-corrected chi connectivity index (χ3v) is 3.16. The van der Waals surface area contributed by atoms with Crippen LogP contribution in [-0.2, 0) is 7.05 Å². The lowest BCUT2D eigenvalue weighted by Crippen LogP contribution is -2.13. The number of benzene rings is 1.